The number of fused-ring (bicyclic) bond motifs is 1. The van der Waals surface area contributed by atoms with E-state index < -0.39 is 11.5 Å². The average Bonchev–Trinajstić information content (AvgIpc) is 2.95. The molecule has 2 aliphatic rings. The monoisotopic (exact) mass is 589 g/mol. The summed E-state index contributed by atoms with van der Waals surface area (Å²) < 4.78 is 11.5. The van der Waals surface area contributed by atoms with Crippen molar-refractivity contribution in [1.29, 1.82) is 0 Å². The van der Waals surface area contributed by atoms with Crippen LogP contribution in [-0.4, -0.2) is 78.8 Å². The zero-order valence-corrected chi connectivity index (χ0v) is 22.7. The normalized spacial score (nSPS) is 15.8. The summed E-state index contributed by atoms with van der Waals surface area (Å²) in [5.74, 6) is -0.570. The molecule has 6 rings (SSSR count). The topological polar surface area (TPSA) is 100 Å². The minimum absolute atomic E-state index is 0.0338. The Balaban J connectivity index is 1.12. The third kappa shape index (κ3) is 4.39. The zero-order valence-electron chi connectivity index (χ0n) is 21.1. The molecule has 1 fully saturated rings. The number of methoxy groups -OCH3 is 1. The van der Waals surface area contributed by atoms with E-state index in [1.54, 1.807) is 29.2 Å². The molecule has 0 unspecified atom stereocenters. The Hall–Kier alpha value is -4.02. The quantitative estimate of drug-likeness (QED) is 0.258. The minimum Gasteiger partial charge on any atom is -0.493 e. The van der Waals surface area contributed by atoms with E-state index in [1.807, 2.05) is 24.3 Å². The Morgan fingerprint density at radius 3 is 2.21 bits per heavy atom. The Labute approximate surface area is 231 Å². The maximum atomic E-state index is 13.2. The molecular weight excluding hydrogens is 566 g/mol. The second-order valence-electron chi connectivity index (χ2n) is 9.58. The number of nitrogens with zero attached hydrogens (tertiary/aromatic N) is 3. The van der Waals surface area contributed by atoms with Crippen molar-refractivity contribution in [2.75, 3.05) is 46.4 Å². The minimum atomic E-state index is -0.715. The molecule has 39 heavy (non-hydrogen) atoms. The highest BCUT2D eigenvalue weighted by atomic mass is 79.9. The molecule has 0 atom stereocenters. The summed E-state index contributed by atoms with van der Waals surface area (Å²) >= 11 is 3.41. The van der Waals surface area contributed by atoms with Gasteiger partial charge in [-0.15, -0.1) is 0 Å². The Morgan fingerprint density at radius 2 is 1.56 bits per heavy atom. The van der Waals surface area contributed by atoms with E-state index in [1.165, 1.54) is 18.1 Å². The van der Waals surface area contributed by atoms with Crippen molar-refractivity contribution in [3.63, 3.8) is 0 Å². The Morgan fingerprint density at radius 1 is 0.897 bits per heavy atom. The van der Waals surface area contributed by atoms with Gasteiger partial charge < -0.3 is 14.1 Å². The summed E-state index contributed by atoms with van der Waals surface area (Å²) in [6.45, 7) is 2.65. The molecule has 1 aromatic heterocycles. The summed E-state index contributed by atoms with van der Waals surface area (Å²) in [4.78, 5) is 57.2. The van der Waals surface area contributed by atoms with E-state index >= 15 is 0 Å². The second kappa shape index (κ2) is 9.94. The van der Waals surface area contributed by atoms with Crippen molar-refractivity contribution in [2.24, 2.45) is 0 Å². The van der Waals surface area contributed by atoms with Gasteiger partial charge in [-0.1, -0.05) is 40.2 Å². The molecule has 0 saturated carbocycles. The number of rotatable bonds is 5. The first-order valence-electron chi connectivity index (χ1n) is 12.6. The fraction of sp³-hybridized carbons (Fsp3) is 0.241. The van der Waals surface area contributed by atoms with Crippen molar-refractivity contribution < 1.29 is 23.5 Å². The van der Waals surface area contributed by atoms with E-state index in [-0.39, 0.29) is 29.5 Å². The first kappa shape index (κ1) is 25.3. The van der Waals surface area contributed by atoms with Gasteiger partial charge in [0.15, 0.2) is 11.3 Å². The molecule has 3 amide bonds. The molecule has 1 saturated heterocycles. The van der Waals surface area contributed by atoms with Crippen LogP contribution in [0.3, 0.4) is 0 Å². The van der Waals surface area contributed by atoms with Gasteiger partial charge >= 0.3 is 5.63 Å². The Bertz CT molecular complexity index is 1670. The van der Waals surface area contributed by atoms with Crippen molar-refractivity contribution >= 4 is 55.4 Å². The lowest BCUT2D eigenvalue weighted by atomic mass is 9.94. The van der Waals surface area contributed by atoms with Crippen molar-refractivity contribution in [3.05, 3.63) is 86.2 Å². The van der Waals surface area contributed by atoms with Gasteiger partial charge in [0, 0.05) is 65.6 Å². The lowest BCUT2D eigenvalue weighted by Crippen LogP contribution is -2.52. The fourth-order valence-corrected chi connectivity index (χ4v) is 5.79. The molecule has 4 aromatic rings. The summed E-state index contributed by atoms with van der Waals surface area (Å²) in [6, 6.07) is 16.0. The molecular formula is C29H24BrN3O6. The van der Waals surface area contributed by atoms with Crippen LogP contribution in [0.15, 0.2) is 68.3 Å². The SMILES string of the molecule is COc1cc(Br)cc2cc(C(=O)N3CCN(CCN4C(=O)c5cccc6cccc(c56)C4=O)CC3)c(=O)oc12. The highest BCUT2D eigenvalue weighted by Gasteiger charge is 2.33. The number of hydrogen-bond acceptors (Lipinski definition) is 7. The molecule has 0 radical (unpaired) electrons. The van der Waals surface area contributed by atoms with Crippen LogP contribution in [0.25, 0.3) is 21.7 Å². The van der Waals surface area contributed by atoms with Crippen LogP contribution in [0.4, 0.5) is 0 Å². The molecule has 0 spiro atoms. The van der Waals surface area contributed by atoms with Gasteiger partial charge in [-0.2, -0.15) is 0 Å². The van der Waals surface area contributed by atoms with Gasteiger partial charge in [0.1, 0.15) is 5.56 Å². The van der Waals surface area contributed by atoms with Crippen LogP contribution in [0.2, 0.25) is 0 Å². The van der Waals surface area contributed by atoms with E-state index in [9.17, 15) is 19.2 Å². The zero-order chi connectivity index (χ0) is 27.3. The highest BCUT2D eigenvalue weighted by Crippen LogP contribution is 2.31. The molecule has 2 aliphatic heterocycles. The van der Waals surface area contributed by atoms with Gasteiger partial charge in [0.25, 0.3) is 17.7 Å². The summed E-state index contributed by atoms with van der Waals surface area (Å²) in [5.41, 5.74) is 0.614. The number of carbonyl (C=O) groups is 3. The maximum Gasteiger partial charge on any atom is 0.349 e. The number of imide groups is 1. The first-order chi connectivity index (χ1) is 18.9. The van der Waals surface area contributed by atoms with Gasteiger partial charge in [0.05, 0.1) is 7.11 Å². The maximum absolute atomic E-state index is 13.2. The Kier molecular flexibility index (Phi) is 6.44. The predicted molar refractivity (Wildman–Crippen MR) is 148 cm³/mol. The lowest BCUT2D eigenvalue weighted by molar-refractivity contribution is 0.0549. The molecule has 10 heteroatoms. The highest BCUT2D eigenvalue weighted by molar-refractivity contribution is 9.10. The number of amides is 3. The first-order valence-corrected chi connectivity index (χ1v) is 13.4. The summed E-state index contributed by atoms with van der Waals surface area (Å²) in [6.07, 6.45) is 0. The summed E-state index contributed by atoms with van der Waals surface area (Å²) in [7, 11) is 1.48. The third-order valence-electron chi connectivity index (χ3n) is 7.37. The third-order valence-corrected chi connectivity index (χ3v) is 7.83. The molecule has 3 aromatic carbocycles. The molecule has 3 heterocycles. The number of benzene rings is 3. The van der Waals surface area contributed by atoms with E-state index in [0.717, 1.165) is 9.86 Å². The number of halogens is 1. The number of hydrogen-bond donors (Lipinski definition) is 0. The van der Waals surface area contributed by atoms with E-state index in [2.05, 4.69) is 20.8 Å². The molecule has 0 N–H and O–H groups in total. The van der Waals surface area contributed by atoms with Crippen LogP contribution in [0, 0.1) is 0 Å². The number of piperazine rings is 1. The largest absolute Gasteiger partial charge is 0.493 e. The summed E-state index contributed by atoms with van der Waals surface area (Å²) in [5, 5.41) is 2.16. The van der Waals surface area contributed by atoms with E-state index in [0.29, 0.717) is 60.4 Å². The number of ether oxygens (including phenoxy) is 1. The van der Waals surface area contributed by atoms with Crippen LogP contribution in [-0.2, 0) is 0 Å². The lowest BCUT2D eigenvalue weighted by Gasteiger charge is -2.36. The second-order valence-corrected chi connectivity index (χ2v) is 10.5. The standard InChI is InChI=1S/C29H24BrN3O6/c1-38-23-16-19(30)14-18-15-22(29(37)39-25(18)23)26(34)32-11-8-31(9-12-32)10-13-33-27(35)20-6-2-4-17-5-3-7-21(24(17)20)28(33)36/h2-7,14-16H,8-13H2,1H3. The van der Waals surface area contributed by atoms with Crippen LogP contribution in [0.1, 0.15) is 31.1 Å². The smallest absolute Gasteiger partial charge is 0.349 e. The van der Waals surface area contributed by atoms with Crippen molar-refractivity contribution in [2.45, 2.75) is 0 Å². The van der Waals surface area contributed by atoms with Crippen LogP contribution >= 0.6 is 15.9 Å². The average molecular weight is 590 g/mol. The van der Waals surface area contributed by atoms with Crippen molar-refractivity contribution in [1.82, 2.24) is 14.7 Å². The molecule has 9 nitrogen and oxygen atoms in total. The van der Waals surface area contributed by atoms with Gasteiger partial charge in [-0.25, -0.2) is 4.79 Å². The predicted octanol–water partition coefficient (Wildman–Crippen LogP) is 3.77. The number of carbonyl (C=O) groups excluding carboxylic acids is 3. The van der Waals surface area contributed by atoms with Gasteiger partial charge in [-0.3, -0.25) is 24.2 Å². The van der Waals surface area contributed by atoms with Gasteiger partial charge in [-0.05, 0) is 35.7 Å². The van der Waals surface area contributed by atoms with Crippen LogP contribution in [0.5, 0.6) is 5.75 Å². The molecule has 0 aliphatic carbocycles. The fourth-order valence-electron chi connectivity index (χ4n) is 5.34. The molecule has 198 valence electrons. The van der Waals surface area contributed by atoms with Gasteiger partial charge in [0.2, 0.25) is 0 Å². The van der Waals surface area contributed by atoms with Crippen molar-refractivity contribution in [3.8, 4) is 5.75 Å². The molecule has 0 bridgehead atoms. The van der Waals surface area contributed by atoms with E-state index in [4.69, 9.17) is 9.15 Å². The van der Waals surface area contributed by atoms with Crippen LogP contribution < -0.4 is 10.4 Å².